The van der Waals surface area contributed by atoms with Crippen molar-refractivity contribution in [1.29, 1.82) is 0 Å². The lowest BCUT2D eigenvalue weighted by Gasteiger charge is -2.25. The molecule has 0 aliphatic carbocycles. The van der Waals surface area contributed by atoms with E-state index < -0.39 is 18.2 Å². The van der Waals surface area contributed by atoms with Gasteiger partial charge in [0.05, 0.1) is 5.56 Å². The maximum absolute atomic E-state index is 12.4. The van der Waals surface area contributed by atoms with Crippen LogP contribution in [0.5, 0.6) is 0 Å². The van der Waals surface area contributed by atoms with Crippen LogP contribution in [0.25, 0.3) is 0 Å². The number of halogens is 3. The number of fused-ring (bicyclic) bond motifs is 1. The number of nitrogens with zero attached hydrogens (tertiary/aromatic N) is 1. The molecule has 0 aromatic carbocycles. The van der Waals surface area contributed by atoms with Crippen LogP contribution in [0.3, 0.4) is 0 Å². The van der Waals surface area contributed by atoms with Gasteiger partial charge in [0.25, 0.3) is 5.91 Å². The van der Waals surface area contributed by atoms with Crippen LogP contribution < -0.4 is 11.1 Å². The Labute approximate surface area is 155 Å². The fourth-order valence-electron chi connectivity index (χ4n) is 2.76. The summed E-state index contributed by atoms with van der Waals surface area (Å²) in [5.74, 6) is -3.53. The molecule has 0 unspecified atom stereocenters. The molecule has 8 nitrogen and oxygen atoms in total. The molecule has 27 heavy (non-hydrogen) atoms. The molecule has 12 heteroatoms. The lowest BCUT2D eigenvalue weighted by Crippen LogP contribution is -2.47. The molecule has 3 amide bonds. The van der Waals surface area contributed by atoms with E-state index in [4.69, 9.17) is 15.6 Å². The summed E-state index contributed by atoms with van der Waals surface area (Å²) in [4.78, 5) is 47.2. The van der Waals surface area contributed by atoms with Crippen molar-refractivity contribution in [3.05, 3.63) is 21.4 Å². The Morgan fingerprint density at radius 3 is 2.56 bits per heavy atom. The van der Waals surface area contributed by atoms with E-state index in [1.807, 2.05) is 0 Å². The molecule has 3 rings (SSSR count). The number of carboxylic acids is 1. The molecule has 0 spiro atoms. The fraction of sp³-hybridized carbons (Fsp3) is 0.467. The Hall–Kier alpha value is -2.47. The Bertz CT molecular complexity index is 777. The summed E-state index contributed by atoms with van der Waals surface area (Å²) < 4.78 is 31.7. The van der Waals surface area contributed by atoms with Gasteiger partial charge in [0.1, 0.15) is 6.04 Å². The third kappa shape index (κ3) is 4.63. The summed E-state index contributed by atoms with van der Waals surface area (Å²) in [5, 5.41) is 11.3. The summed E-state index contributed by atoms with van der Waals surface area (Å²) in [5.41, 5.74) is 7.25. The second kappa shape index (κ2) is 8.05. The Morgan fingerprint density at radius 2 is 2.00 bits per heavy atom. The summed E-state index contributed by atoms with van der Waals surface area (Å²) in [6.45, 7) is 0.812. The van der Waals surface area contributed by atoms with Crippen LogP contribution in [0.4, 0.5) is 13.2 Å². The van der Waals surface area contributed by atoms with Gasteiger partial charge in [-0.3, -0.25) is 19.7 Å². The molecular weight excluding hydrogens is 391 g/mol. The van der Waals surface area contributed by atoms with E-state index in [0.717, 1.165) is 10.4 Å². The van der Waals surface area contributed by atoms with Gasteiger partial charge in [-0.15, -0.1) is 11.3 Å². The van der Waals surface area contributed by atoms with Crippen molar-refractivity contribution < 1.29 is 37.5 Å². The molecule has 1 aromatic heterocycles. The number of rotatable bonds is 2. The number of imide groups is 1. The third-order valence-corrected chi connectivity index (χ3v) is 5.10. The topological polar surface area (TPSA) is 130 Å². The van der Waals surface area contributed by atoms with Crippen molar-refractivity contribution in [1.82, 2.24) is 10.2 Å². The number of amides is 3. The molecule has 2 aliphatic rings. The molecule has 1 fully saturated rings. The molecule has 2 aliphatic heterocycles. The maximum atomic E-state index is 12.4. The van der Waals surface area contributed by atoms with Crippen LogP contribution in [-0.4, -0.2) is 45.9 Å². The Balaban J connectivity index is 0.000000321. The summed E-state index contributed by atoms with van der Waals surface area (Å²) in [6, 6.07) is -0.558. The number of nitrogens with one attached hydrogen (secondary N) is 1. The van der Waals surface area contributed by atoms with E-state index in [1.54, 1.807) is 10.3 Å². The Kier molecular flexibility index (Phi) is 6.21. The fourth-order valence-corrected chi connectivity index (χ4v) is 3.68. The van der Waals surface area contributed by atoms with E-state index in [9.17, 15) is 27.6 Å². The second-order valence-electron chi connectivity index (χ2n) is 5.81. The number of aliphatic carboxylic acids is 1. The van der Waals surface area contributed by atoms with Crippen molar-refractivity contribution >= 4 is 35.0 Å². The van der Waals surface area contributed by atoms with Gasteiger partial charge >= 0.3 is 12.1 Å². The molecule has 4 N–H and O–H groups in total. The second-order valence-corrected chi connectivity index (χ2v) is 6.78. The number of hydrogen-bond donors (Lipinski definition) is 3. The highest BCUT2D eigenvalue weighted by molar-refractivity contribution is 7.10. The van der Waals surface area contributed by atoms with Crippen molar-refractivity contribution in [2.75, 3.05) is 0 Å². The van der Waals surface area contributed by atoms with E-state index in [0.29, 0.717) is 37.9 Å². The number of hydrogen-bond acceptors (Lipinski definition) is 6. The Morgan fingerprint density at radius 1 is 1.37 bits per heavy atom. The van der Waals surface area contributed by atoms with Crippen LogP contribution >= 0.6 is 11.3 Å². The smallest absolute Gasteiger partial charge is 0.475 e. The van der Waals surface area contributed by atoms with E-state index in [1.165, 1.54) is 11.3 Å². The van der Waals surface area contributed by atoms with Gasteiger partial charge < -0.3 is 15.7 Å². The van der Waals surface area contributed by atoms with E-state index >= 15 is 0 Å². The first-order valence-corrected chi connectivity index (χ1v) is 8.68. The minimum Gasteiger partial charge on any atom is -0.475 e. The quantitative estimate of drug-likeness (QED) is 0.627. The predicted molar refractivity (Wildman–Crippen MR) is 86.6 cm³/mol. The van der Waals surface area contributed by atoms with Crippen molar-refractivity contribution in [2.24, 2.45) is 5.73 Å². The van der Waals surface area contributed by atoms with Crippen molar-refractivity contribution in [3.63, 3.8) is 0 Å². The summed E-state index contributed by atoms with van der Waals surface area (Å²) in [7, 11) is 0. The molecule has 1 atom stereocenters. The highest BCUT2D eigenvalue weighted by Gasteiger charge is 2.39. The lowest BCUT2D eigenvalue weighted by molar-refractivity contribution is -0.192. The first-order chi connectivity index (χ1) is 12.6. The average molecular weight is 407 g/mol. The van der Waals surface area contributed by atoms with Gasteiger partial charge in [0.2, 0.25) is 11.8 Å². The molecule has 0 radical (unpaired) electrons. The summed E-state index contributed by atoms with van der Waals surface area (Å²) in [6.07, 6.45) is -3.61. The number of nitrogens with two attached hydrogens (primary N) is 1. The van der Waals surface area contributed by atoms with Gasteiger partial charge in [-0.25, -0.2) is 4.79 Å². The number of carboxylic acid groups (broad SMARTS) is 1. The normalized spacial score (nSPS) is 19.8. The summed E-state index contributed by atoms with van der Waals surface area (Å²) >= 11 is 1.48. The third-order valence-electron chi connectivity index (χ3n) is 4.05. The van der Waals surface area contributed by atoms with Gasteiger partial charge in [-0.2, -0.15) is 13.2 Å². The van der Waals surface area contributed by atoms with Gasteiger partial charge in [-0.05, 0) is 18.4 Å². The first kappa shape index (κ1) is 20.8. The lowest BCUT2D eigenvalue weighted by atomic mass is 10.1. The predicted octanol–water partition coefficient (Wildman–Crippen LogP) is 0.991. The molecule has 0 bridgehead atoms. The van der Waals surface area contributed by atoms with Crippen LogP contribution in [-0.2, 0) is 27.5 Å². The highest BCUT2D eigenvalue weighted by atomic mass is 32.1. The van der Waals surface area contributed by atoms with Crippen molar-refractivity contribution in [3.8, 4) is 0 Å². The molecule has 0 saturated carbocycles. The van der Waals surface area contributed by atoms with Gasteiger partial charge in [0, 0.05) is 29.8 Å². The number of carbonyl (C=O) groups excluding carboxylic acids is 3. The van der Waals surface area contributed by atoms with Crippen LogP contribution in [0.15, 0.2) is 5.38 Å². The number of carbonyl (C=O) groups is 4. The first-order valence-electron chi connectivity index (χ1n) is 7.80. The van der Waals surface area contributed by atoms with Crippen LogP contribution in [0.1, 0.15) is 40.1 Å². The zero-order chi connectivity index (χ0) is 20.4. The monoisotopic (exact) mass is 407 g/mol. The van der Waals surface area contributed by atoms with E-state index in [-0.39, 0.29) is 17.7 Å². The highest BCUT2D eigenvalue weighted by Crippen LogP contribution is 2.33. The standard InChI is InChI=1S/C13H15N3O3S.C2HF3O2/c14-4-10-7-5-16(13(19)8(7)6-20-10)9-2-1-3-11(17)15-12(9)18;3-2(4,5)1(6)7/h6,9H,1-5,14H2,(H,15,17,18);(H,6,7)/t9-;/m0./s1. The molecule has 3 heterocycles. The number of thiophene rings is 1. The van der Waals surface area contributed by atoms with Crippen LogP contribution in [0, 0.1) is 0 Å². The molecule has 148 valence electrons. The average Bonchev–Trinajstić information content (AvgIpc) is 3.06. The van der Waals surface area contributed by atoms with Gasteiger partial charge in [-0.1, -0.05) is 0 Å². The van der Waals surface area contributed by atoms with Crippen LogP contribution in [0.2, 0.25) is 0 Å². The minimum absolute atomic E-state index is 0.134. The van der Waals surface area contributed by atoms with Crippen molar-refractivity contribution in [2.45, 2.75) is 44.6 Å². The minimum atomic E-state index is -5.08. The molecule has 1 aromatic rings. The van der Waals surface area contributed by atoms with E-state index in [2.05, 4.69) is 5.32 Å². The number of alkyl halides is 3. The molecule has 1 saturated heterocycles. The molecular formula is C15H16F3N3O5S. The zero-order valence-electron chi connectivity index (χ0n) is 13.8. The van der Waals surface area contributed by atoms with Gasteiger partial charge in [0.15, 0.2) is 0 Å². The largest absolute Gasteiger partial charge is 0.490 e. The zero-order valence-corrected chi connectivity index (χ0v) is 14.7. The SMILES string of the molecule is NCc1scc2c1CN([C@H]1CCCC(=O)NC1=O)C2=O.O=C(O)C(F)(F)F. The maximum Gasteiger partial charge on any atom is 0.490 e.